The van der Waals surface area contributed by atoms with E-state index in [2.05, 4.69) is 0 Å². The summed E-state index contributed by atoms with van der Waals surface area (Å²) in [5.74, 6) is -1.09. The Bertz CT molecular complexity index is 268. The highest BCUT2D eigenvalue weighted by Crippen LogP contribution is 2.15. The molecule has 1 aliphatic rings. The number of nitrogens with two attached hydrogens (primary N) is 3. The SMILES string of the molecule is NC1C(C(=O)O)=CC=CC1(N)N. The fourth-order valence-electron chi connectivity index (χ4n) is 0.999. The van der Waals surface area contributed by atoms with Gasteiger partial charge < -0.3 is 22.3 Å². The first kappa shape index (κ1) is 8.92. The maximum absolute atomic E-state index is 10.6. The molecule has 1 aliphatic carbocycles. The molecule has 0 aliphatic heterocycles. The number of carbonyl (C=O) groups is 1. The van der Waals surface area contributed by atoms with Crippen LogP contribution in [0.1, 0.15) is 0 Å². The molecule has 0 saturated carbocycles. The van der Waals surface area contributed by atoms with Gasteiger partial charge in [-0.05, 0) is 6.08 Å². The standard InChI is InChI=1S/C7H11N3O2/c8-5-4(6(11)12)2-1-3-7(5,9)10/h1-3,5H,8-10H2,(H,11,12). The molecule has 0 heterocycles. The highest BCUT2D eigenvalue weighted by molar-refractivity contribution is 5.89. The van der Waals surface area contributed by atoms with Gasteiger partial charge in [0, 0.05) is 0 Å². The molecule has 0 spiro atoms. The van der Waals surface area contributed by atoms with Crippen molar-refractivity contribution in [3.8, 4) is 0 Å². The van der Waals surface area contributed by atoms with Gasteiger partial charge in [-0.15, -0.1) is 0 Å². The molecule has 0 aromatic heterocycles. The molecule has 0 fully saturated rings. The van der Waals surface area contributed by atoms with Gasteiger partial charge in [-0.25, -0.2) is 4.79 Å². The predicted octanol–water partition coefficient (Wildman–Crippen LogP) is -1.49. The number of aliphatic carboxylic acids is 1. The molecule has 7 N–H and O–H groups in total. The molecule has 66 valence electrons. The molecular weight excluding hydrogens is 158 g/mol. The minimum Gasteiger partial charge on any atom is -0.478 e. The van der Waals surface area contributed by atoms with Crippen LogP contribution in [0.3, 0.4) is 0 Å². The first-order chi connectivity index (χ1) is 5.45. The molecule has 0 aromatic rings. The zero-order chi connectivity index (χ0) is 9.35. The van der Waals surface area contributed by atoms with Crippen LogP contribution >= 0.6 is 0 Å². The van der Waals surface area contributed by atoms with Gasteiger partial charge in [-0.2, -0.15) is 0 Å². The van der Waals surface area contributed by atoms with Gasteiger partial charge in [0.1, 0.15) is 5.66 Å². The van der Waals surface area contributed by atoms with Crippen molar-refractivity contribution in [2.75, 3.05) is 0 Å². The highest BCUT2D eigenvalue weighted by Gasteiger charge is 2.33. The van der Waals surface area contributed by atoms with E-state index in [-0.39, 0.29) is 5.57 Å². The molecule has 1 atom stereocenters. The van der Waals surface area contributed by atoms with Gasteiger partial charge >= 0.3 is 5.97 Å². The third-order valence-electron chi connectivity index (χ3n) is 1.78. The van der Waals surface area contributed by atoms with Crippen molar-refractivity contribution < 1.29 is 9.90 Å². The summed E-state index contributed by atoms with van der Waals surface area (Å²) in [5.41, 5.74) is 15.3. The van der Waals surface area contributed by atoms with Crippen LogP contribution < -0.4 is 17.2 Å². The molecule has 0 bridgehead atoms. The third-order valence-corrected chi connectivity index (χ3v) is 1.78. The summed E-state index contributed by atoms with van der Waals surface area (Å²) in [5, 5.41) is 8.65. The fraction of sp³-hybridized carbons (Fsp3) is 0.286. The minimum absolute atomic E-state index is 0.0301. The maximum Gasteiger partial charge on any atom is 0.333 e. The van der Waals surface area contributed by atoms with Crippen LogP contribution in [0.2, 0.25) is 0 Å². The third kappa shape index (κ3) is 1.38. The zero-order valence-corrected chi connectivity index (χ0v) is 6.40. The second-order valence-electron chi connectivity index (χ2n) is 2.76. The Labute approximate surface area is 69.5 Å². The average Bonchev–Trinajstić information content (AvgIpc) is 1.94. The minimum atomic E-state index is -1.26. The van der Waals surface area contributed by atoms with E-state index in [1.54, 1.807) is 0 Å². The largest absolute Gasteiger partial charge is 0.478 e. The second-order valence-corrected chi connectivity index (χ2v) is 2.76. The van der Waals surface area contributed by atoms with Crippen molar-refractivity contribution in [3.05, 3.63) is 23.8 Å². The van der Waals surface area contributed by atoms with E-state index in [4.69, 9.17) is 22.3 Å². The normalized spacial score (nSPS) is 26.6. The van der Waals surface area contributed by atoms with Crippen molar-refractivity contribution >= 4 is 5.97 Å². The molecule has 5 heteroatoms. The van der Waals surface area contributed by atoms with Gasteiger partial charge in [-0.1, -0.05) is 12.2 Å². The summed E-state index contributed by atoms with van der Waals surface area (Å²) in [7, 11) is 0. The topological polar surface area (TPSA) is 115 Å². The van der Waals surface area contributed by atoms with Crippen molar-refractivity contribution in [3.63, 3.8) is 0 Å². The van der Waals surface area contributed by atoms with Gasteiger partial charge in [0.2, 0.25) is 0 Å². The van der Waals surface area contributed by atoms with Crippen LogP contribution in [0, 0.1) is 0 Å². The first-order valence-corrected chi connectivity index (χ1v) is 3.41. The van der Waals surface area contributed by atoms with E-state index in [9.17, 15) is 4.79 Å². The molecule has 0 radical (unpaired) electrons. The number of carboxylic acid groups (broad SMARTS) is 1. The van der Waals surface area contributed by atoms with Gasteiger partial charge in [0.15, 0.2) is 0 Å². The van der Waals surface area contributed by atoms with E-state index >= 15 is 0 Å². The van der Waals surface area contributed by atoms with Crippen molar-refractivity contribution in [2.24, 2.45) is 17.2 Å². The Morgan fingerprint density at radius 1 is 1.58 bits per heavy atom. The summed E-state index contributed by atoms with van der Waals surface area (Å²) >= 11 is 0. The fourth-order valence-corrected chi connectivity index (χ4v) is 0.999. The van der Waals surface area contributed by atoms with Crippen LogP contribution in [0.5, 0.6) is 0 Å². The van der Waals surface area contributed by atoms with Gasteiger partial charge in [0.05, 0.1) is 11.6 Å². The number of hydrogen-bond acceptors (Lipinski definition) is 4. The van der Waals surface area contributed by atoms with Crippen molar-refractivity contribution in [2.45, 2.75) is 11.7 Å². The van der Waals surface area contributed by atoms with Crippen LogP contribution in [0.25, 0.3) is 0 Å². The Morgan fingerprint density at radius 2 is 2.17 bits per heavy atom. The number of allylic oxidation sites excluding steroid dienone is 2. The van der Waals surface area contributed by atoms with Crippen LogP contribution in [0.4, 0.5) is 0 Å². The van der Waals surface area contributed by atoms with E-state index in [1.807, 2.05) is 0 Å². The quantitative estimate of drug-likeness (QED) is 0.357. The summed E-state index contributed by atoms with van der Waals surface area (Å²) in [6.45, 7) is 0. The molecule has 0 saturated heterocycles. The first-order valence-electron chi connectivity index (χ1n) is 3.41. The molecule has 0 aromatic carbocycles. The Hall–Kier alpha value is -1.17. The van der Waals surface area contributed by atoms with Crippen LogP contribution in [0.15, 0.2) is 23.8 Å². The van der Waals surface area contributed by atoms with Crippen LogP contribution in [-0.2, 0) is 4.79 Å². The molecule has 1 rings (SSSR count). The van der Waals surface area contributed by atoms with Crippen molar-refractivity contribution in [1.82, 2.24) is 0 Å². The summed E-state index contributed by atoms with van der Waals surface area (Å²) < 4.78 is 0. The summed E-state index contributed by atoms with van der Waals surface area (Å²) in [4.78, 5) is 10.6. The Morgan fingerprint density at radius 3 is 2.58 bits per heavy atom. The molecule has 1 unspecified atom stereocenters. The second kappa shape index (κ2) is 2.71. The van der Waals surface area contributed by atoms with E-state index in [0.717, 1.165) is 0 Å². The lowest BCUT2D eigenvalue weighted by Gasteiger charge is -2.30. The Balaban J connectivity index is 2.99. The molecule has 12 heavy (non-hydrogen) atoms. The van der Waals surface area contributed by atoms with E-state index in [1.165, 1.54) is 18.2 Å². The Kier molecular flexibility index (Phi) is 2.01. The predicted molar refractivity (Wildman–Crippen MR) is 43.9 cm³/mol. The molecular formula is C7H11N3O2. The lowest BCUT2D eigenvalue weighted by atomic mass is 9.90. The van der Waals surface area contributed by atoms with Gasteiger partial charge in [-0.3, -0.25) is 0 Å². The van der Waals surface area contributed by atoms with E-state index < -0.39 is 17.7 Å². The lowest BCUT2D eigenvalue weighted by Crippen LogP contribution is -2.63. The van der Waals surface area contributed by atoms with E-state index in [0.29, 0.717) is 0 Å². The highest BCUT2D eigenvalue weighted by atomic mass is 16.4. The molecule has 5 nitrogen and oxygen atoms in total. The lowest BCUT2D eigenvalue weighted by molar-refractivity contribution is -0.133. The van der Waals surface area contributed by atoms with Gasteiger partial charge in [0.25, 0.3) is 0 Å². The number of carboxylic acids is 1. The monoisotopic (exact) mass is 169 g/mol. The zero-order valence-electron chi connectivity index (χ0n) is 6.40. The number of hydrogen-bond donors (Lipinski definition) is 4. The number of rotatable bonds is 1. The molecule has 0 amide bonds. The average molecular weight is 169 g/mol. The maximum atomic E-state index is 10.6. The van der Waals surface area contributed by atoms with Crippen LogP contribution in [-0.4, -0.2) is 22.8 Å². The summed E-state index contributed by atoms with van der Waals surface area (Å²) in [6, 6.07) is -0.861. The van der Waals surface area contributed by atoms with Crippen molar-refractivity contribution in [1.29, 1.82) is 0 Å². The summed E-state index contributed by atoms with van der Waals surface area (Å²) in [6.07, 6.45) is 4.36. The smallest absolute Gasteiger partial charge is 0.333 e.